The van der Waals surface area contributed by atoms with Gasteiger partial charge in [0.2, 0.25) is 0 Å². The van der Waals surface area contributed by atoms with E-state index in [0.29, 0.717) is 5.92 Å². The van der Waals surface area contributed by atoms with Crippen molar-refractivity contribution in [3.05, 3.63) is 36.0 Å². The normalized spacial score (nSPS) is 23.5. The van der Waals surface area contributed by atoms with Gasteiger partial charge in [0.05, 0.1) is 0 Å². The first kappa shape index (κ1) is 12.3. The van der Waals surface area contributed by atoms with Crippen molar-refractivity contribution in [1.29, 1.82) is 0 Å². The molecule has 1 aliphatic carbocycles. The van der Waals surface area contributed by atoms with Crippen LogP contribution < -0.4 is 0 Å². The molecule has 1 aliphatic rings. The van der Waals surface area contributed by atoms with E-state index in [4.69, 9.17) is 0 Å². The van der Waals surface area contributed by atoms with Gasteiger partial charge in [-0.1, -0.05) is 56.7 Å². The van der Waals surface area contributed by atoms with Gasteiger partial charge >= 0.3 is 0 Å². The smallest absolute Gasteiger partial charge is 0.0167 e. The number of rotatable bonds is 4. The zero-order valence-electron chi connectivity index (χ0n) is 10.5. The average Bonchev–Trinajstić information content (AvgIpc) is 2.18. The molecule has 15 heavy (non-hydrogen) atoms. The quantitative estimate of drug-likeness (QED) is 0.580. The molecule has 2 atom stereocenters. The second-order valence-electron chi connectivity index (χ2n) is 5.09. The summed E-state index contributed by atoms with van der Waals surface area (Å²) in [6.07, 6.45) is 14.1. The molecule has 0 saturated carbocycles. The van der Waals surface area contributed by atoms with Crippen molar-refractivity contribution in [2.45, 2.75) is 40.5 Å². The van der Waals surface area contributed by atoms with E-state index in [1.165, 1.54) is 18.4 Å². The van der Waals surface area contributed by atoms with Crippen molar-refractivity contribution in [3.63, 3.8) is 0 Å². The Morgan fingerprint density at radius 2 is 2.13 bits per heavy atom. The van der Waals surface area contributed by atoms with Crippen LogP contribution in [0.2, 0.25) is 0 Å². The molecule has 0 aliphatic heterocycles. The summed E-state index contributed by atoms with van der Waals surface area (Å²) >= 11 is 0. The van der Waals surface area contributed by atoms with Gasteiger partial charge in [0, 0.05) is 0 Å². The number of hydrogen-bond acceptors (Lipinski definition) is 0. The summed E-state index contributed by atoms with van der Waals surface area (Å²) in [6.45, 7) is 8.99. The van der Waals surface area contributed by atoms with Crippen LogP contribution in [0.3, 0.4) is 0 Å². The zero-order chi connectivity index (χ0) is 11.3. The lowest BCUT2D eigenvalue weighted by molar-refractivity contribution is 0.432. The Morgan fingerprint density at radius 3 is 2.67 bits per heavy atom. The topological polar surface area (TPSA) is 0 Å². The first-order valence-electron chi connectivity index (χ1n) is 6.11. The second kappa shape index (κ2) is 5.95. The minimum Gasteiger partial charge on any atom is -0.0880 e. The maximum absolute atomic E-state index is 2.38. The summed E-state index contributed by atoms with van der Waals surface area (Å²) in [6, 6.07) is 0. The highest BCUT2D eigenvalue weighted by atomic mass is 14.2. The van der Waals surface area contributed by atoms with Gasteiger partial charge in [-0.15, -0.1) is 0 Å². The van der Waals surface area contributed by atoms with Crippen LogP contribution in [0.4, 0.5) is 0 Å². The third kappa shape index (κ3) is 4.51. The molecule has 0 bridgehead atoms. The van der Waals surface area contributed by atoms with Gasteiger partial charge < -0.3 is 0 Å². The van der Waals surface area contributed by atoms with Crippen molar-refractivity contribution >= 4 is 0 Å². The molecule has 0 aromatic carbocycles. The number of allylic oxidation sites excluding steroid dienone is 6. The van der Waals surface area contributed by atoms with Gasteiger partial charge in [-0.25, -0.2) is 0 Å². The molecule has 0 fully saturated rings. The van der Waals surface area contributed by atoms with Crippen LogP contribution in [0.5, 0.6) is 0 Å². The number of hydrogen-bond donors (Lipinski definition) is 0. The lowest BCUT2D eigenvalue weighted by atomic mass is 9.84. The first-order valence-corrected chi connectivity index (χ1v) is 6.11. The molecule has 0 saturated heterocycles. The maximum atomic E-state index is 2.38. The highest BCUT2D eigenvalue weighted by molar-refractivity contribution is 5.21. The Bertz CT molecular complexity index is 266. The molecular formula is C15H24. The summed E-state index contributed by atoms with van der Waals surface area (Å²) in [5, 5.41) is 0. The Morgan fingerprint density at radius 1 is 1.40 bits per heavy atom. The molecule has 0 spiro atoms. The van der Waals surface area contributed by atoms with Crippen LogP contribution in [0.25, 0.3) is 0 Å². The predicted molar refractivity (Wildman–Crippen MR) is 68.8 cm³/mol. The predicted octanol–water partition coefficient (Wildman–Crippen LogP) is 4.75. The summed E-state index contributed by atoms with van der Waals surface area (Å²) in [7, 11) is 0. The molecule has 0 aromatic rings. The minimum absolute atomic E-state index is 0.682. The SMILES string of the molecule is CC1=CCC(C(C)CC=CC(C)C)C=C1. The van der Waals surface area contributed by atoms with E-state index >= 15 is 0 Å². The Hall–Kier alpha value is -0.780. The van der Waals surface area contributed by atoms with E-state index in [1.807, 2.05) is 0 Å². The molecule has 0 radical (unpaired) electrons. The summed E-state index contributed by atoms with van der Waals surface area (Å²) in [4.78, 5) is 0. The van der Waals surface area contributed by atoms with E-state index < -0.39 is 0 Å². The molecule has 0 heterocycles. The average molecular weight is 204 g/mol. The molecular weight excluding hydrogens is 180 g/mol. The van der Waals surface area contributed by atoms with E-state index in [2.05, 4.69) is 58.1 Å². The standard InChI is InChI=1S/C15H24/c1-12(2)6-5-7-14(4)15-10-8-13(3)9-11-15/h5-6,8-10,12,14-15H,7,11H2,1-4H3. The maximum Gasteiger partial charge on any atom is -0.0167 e. The monoisotopic (exact) mass is 204 g/mol. The largest absolute Gasteiger partial charge is 0.0880 e. The van der Waals surface area contributed by atoms with E-state index in [-0.39, 0.29) is 0 Å². The van der Waals surface area contributed by atoms with Crippen molar-refractivity contribution < 1.29 is 0 Å². The summed E-state index contributed by atoms with van der Waals surface area (Å²) in [5.41, 5.74) is 1.41. The summed E-state index contributed by atoms with van der Waals surface area (Å²) < 4.78 is 0. The lowest BCUT2D eigenvalue weighted by Crippen LogP contribution is -2.09. The van der Waals surface area contributed by atoms with Gasteiger partial charge in [-0.2, -0.15) is 0 Å². The molecule has 0 heteroatoms. The van der Waals surface area contributed by atoms with Gasteiger partial charge in [0.25, 0.3) is 0 Å². The lowest BCUT2D eigenvalue weighted by Gasteiger charge is -2.21. The fourth-order valence-electron chi connectivity index (χ4n) is 1.91. The Labute approximate surface area is 94.8 Å². The first-order chi connectivity index (χ1) is 7.09. The van der Waals surface area contributed by atoms with Crippen LogP contribution in [-0.4, -0.2) is 0 Å². The molecule has 0 aromatic heterocycles. The molecule has 1 rings (SSSR count). The van der Waals surface area contributed by atoms with Gasteiger partial charge in [0.15, 0.2) is 0 Å². The van der Waals surface area contributed by atoms with Crippen molar-refractivity contribution in [2.24, 2.45) is 17.8 Å². The van der Waals surface area contributed by atoms with Crippen molar-refractivity contribution in [2.75, 3.05) is 0 Å². The van der Waals surface area contributed by atoms with Crippen LogP contribution >= 0.6 is 0 Å². The fraction of sp³-hybridized carbons (Fsp3) is 0.600. The van der Waals surface area contributed by atoms with Gasteiger partial charge in [-0.3, -0.25) is 0 Å². The van der Waals surface area contributed by atoms with E-state index in [9.17, 15) is 0 Å². The van der Waals surface area contributed by atoms with Crippen molar-refractivity contribution in [3.8, 4) is 0 Å². The molecule has 84 valence electrons. The van der Waals surface area contributed by atoms with Gasteiger partial charge in [-0.05, 0) is 37.5 Å². The highest BCUT2D eigenvalue weighted by Crippen LogP contribution is 2.26. The van der Waals surface area contributed by atoms with E-state index in [0.717, 1.165) is 11.8 Å². The van der Waals surface area contributed by atoms with Crippen molar-refractivity contribution in [1.82, 2.24) is 0 Å². The molecule has 2 unspecified atom stereocenters. The minimum atomic E-state index is 0.682. The van der Waals surface area contributed by atoms with Crippen LogP contribution in [0.15, 0.2) is 36.0 Å². The second-order valence-corrected chi connectivity index (χ2v) is 5.09. The third-order valence-corrected chi connectivity index (χ3v) is 3.08. The Balaban J connectivity index is 2.36. The van der Waals surface area contributed by atoms with E-state index in [1.54, 1.807) is 0 Å². The van der Waals surface area contributed by atoms with Crippen LogP contribution in [-0.2, 0) is 0 Å². The highest BCUT2D eigenvalue weighted by Gasteiger charge is 2.13. The molecule has 0 N–H and O–H groups in total. The fourth-order valence-corrected chi connectivity index (χ4v) is 1.91. The molecule has 0 nitrogen and oxygen atoms in total. The third-order valence-electron chi connectivity index (χ3n) is 3.08. The summed E-state index contributed by atoms with van der Waals surface area (Å²) in [5.74, 6) is 2.19. The Kier molecular flexibility index (Phi) is 4.87. The van der Waals surface area contributed by atoms with Gasteiger partial charge in [0.1, 0.15) is 0 Å². The van der Waals surface area contributed by atoms with Crippen LogP contribution in [0.1, 0.15) is 40.5 Å². The molecule has 0 amide bonds. The van der Waals surface area contributed by atoms with Crippen LogP contribution in [0, 0.1) is 17.8 Å². The zero-order valence-corrected chi connectivity index (χ0v) is 10.5.